The molecule has 0 unspecified atom stereocenters. The van der Waals surface area contributed by atoms with E-state index in [0.717, 1.165) is 0 Å². The molecule has 0 aliphatic rings. The summed E-state index contributed by atoms with van der Waals surface area (Å²) in [7, 11) is 0. The number of carbonyl (C=O) groups is 2. The largest absolute Gasteiger partial charge is 1.00 e. The Bertz CT molecular complexity index is 136. The van der Waals surface area contributed by atoms with Crippen molar-refractivity contribution < 1.29 is 62.6 Å². The summed E-state index contributed by atoms with van der Waals surface area (Å²) >= 11 is 0. The third-order valence-corrected chi connectivity index (χ3v) is 0.632. The molecular weight excluding hydrogens is 142 g/mol. The van der Waals surface area contributed by atoms with Gasteiger partial charge >= 0.3 is 37.7 Å². The molecule has 0 bridgehead atoms. The monoisotopic (exact) mass is 146 g/mol. The summed E-state index contributed by atoms with van der Waals surface area (Å²) in [5.41, 5.74) is 0. The van der Waals surface area contributed by atoms with Crippen LogP contribution in [0, 0.1) is 0 Å². The number of rotatable bonds is 3. The van der Waals surface area contributed by atoms with Crippen molar-refractivity contribution in [1.82, 2.24) is 0 Å². The Kier molecular flexibility index (Phi) is 12.9. The van der Waals surface area contributed by atoms with Crippen LogP contribution in [-0.4, -0.2) is 23.1 Å². The van der Waals surface area contributed by atoms with E-state index in [4.69, 9.17) is 5.11 Å². The third kappa shape index (κ3) is 10.1. The fourth-order valence-electron chi connectivity index (χ4n) is 0.241. The van der Waals surface area contributed by atoms with Gasteiger partial charge in [-0.05, 0) is 0 Å². The van der Waals surface area contributed by atoms with Gasteiger partial charge in [-0.15, -0.1) is 0 Å². The van der Waals surface area contributed by atoms with Gasteiger partial charge in [0.1, 0.15) is 0 Å². The van der Waals surface area contributed by atoms with Crippen LogP contribution in [0.3, 0.4) is 0 Å². The van der Waals surface area contributed by atoms with Crippen molar-refractivity contribution in [1.29, 1.82) is 0 Å². The smallest absolute Gasteiger partial charge is 0.550 e. The maximum atomic E-state index is 9.58. The topological polar surface area (TPSA) is 100 Å². The van der Waals surface area contributed by atoms with Gasteiger partial charge < -0.3 is 24.9 Å². The van der Waals surface area contributed by atoms with Gasteiger partial charge in [0.05, 0.1) is 12.1 Å². The minimum Gasteiger partial charge on any atom is -0.550 e. The van der Waals surface area contributed by atoms with Crippen LogP contribution in [-0.2, 0) is 9.59 Å². The van der Waals surface area contributed by atoms with Crippen molar-refractivity contribution in [3.63, 3.8) is 0 Å². The maximum absolute atomic E-state index is 9.58. The number of aliphatic hydroxyl groups excluding tert-OH is 1. The molecule has 52 valence electrons. The van der Waals surface area contributed by atoms with Crippen molar-refractivity contribution in [2.24, 2.45) is 0 Å². The molecule has 0 fully saturated rings. The number of carboxylic acids is 2. The summed E-state index contributed by atoms with van der Waals surface area (Å²) in [4.78, 5) is 19.1. The van der Waals surface area contributed by atoms with Crippen molar-refractivity contribution >= 4 is 11.9 Å². The van der Waals surface area contributed by atoms with Gasteiger partial charge in [0, 0.05) is 12.4 Å². The van der Waals surface area contributed by atoms with E-state index in [1.54, 1.807) is 0 Å². The standard InChI is InChI=1S/C4H6O5.2Li/c5-2(4(8)9)1-3(6)7;;/h2,5H,1H2,(H,6,7)(H,8,9);;/q;2*+1/p-2/t2-;;/m0../s1. The zero-order valence-corrected chi connectivity index (χ0v) is 6.36. The van der Waals surface area contributed by atoms with Crippen molar-refractivity contribution in [3.8, 4) is 0 Å². The van der Waals surface area contributed by atoms with Gasteiger partial charge in [-0.3, -0.25) is 0 Å². The van der Waals surface area contributed by atoms with Crippen molar-refractivity contribution in [2.45, 2.75) is 12.5 Å². The first-order chi connectivity index (χ1) is 4.04. The first-order valence-electron chi connectivity index (χ1n) is 2.13. The van der Waals surface area contributed by atoms with E-state index in [2.05, 4.69) is 0 Å². The second-order valence-corrected chi connectivity index (χ2v) is 1.41. The van der Waals surface area contributed by atoms with Crippen LogP contribution >= 0.6 is 0 Å². The molecule has 0 aromatic rings. The Morgan fingerprint density at radius 1 is 1.27 bits per heavy atom. The summed E-state index contributed by atoms with van der Waals surface area (Å²) in [6.45, 7) is 0. The third-order valence-electron chi connectivity index (χ3n) is 0.632. The number of hydrogen-bond acceptors (Lipinski definition) is 5. The molecule has 0 spiro atoms. The molecule has 0 saturated carbocycles. The second kappa shape index (κ2) is 8.19. The van der Waals surface area contributed by atoms with E-state index < -0.39 is 24.5 Å². The number of aliphatic carboxylic acids is 2. The van der Waals surface area contributed by atoms with E-state index in [0.29, 0.717) is 0 Å². The Balaban J connectivity index is -0.000000320. The molecular formula is C4H4Li2O5. The van der Waals surface area contributed by atoms with Crippen molar-refractivity contribution in [3.05, 3.63) is 0 Å². The molecule has 0 rings (SSSR count). The summed E-state index contributed by atoms with van der Waals surface area (Å²) in [6.07, 6.45) is -2.89. The molecule has 1 atom stereocenters. The van der Waals surface area contributed by atoms with E-state index in [9.17, 15) is 19.8 Å². The molecule has 7 heteroatoms. The first kappa shape index (κ1) is 17.3. The summed E-state index contributed by atoms with van der Waals surface area (Å²) in [5, 5.41) is 27.3. The molecule has 5 nitrogen and oxygen atoms in total. The normalized spacial score (nSPS) is 10.3. The number of aliphatic hydroxyl groups is 1. The van der Waals surface area contributed by atoms with Gasteiger partial charge in [-0.1, -0.05) is 0 Å². The van der Waals surface area contributed by atoms with Crippen LogP contribution in [0.2, 0.25) is 0 Å². The zero-order chi connectivity index (χ0) is 7.44. The van der Waals surface area contributed by atoms with E-state index in [1.807, 2.05) is 0 Å². The fraction of sp³-hybridized carbons (Fsp3) is 0.500. The summed E-state index contributed by atoms with van der Waals surface area (Å²) in [6, 6.07) is 0. The molecule has 1 N–H and O–H groups in total. The Morgan fingerprint density at radius 2 is 1.64 bits per heavy atom. The SMILES string of the molecule is O=C([O-])C[C@H](O)C(=O)[O-].[Li+].[Li+]. The van der Waals surface area contributed by atoms with Crippen LogP contribution < -0.4 is 47.9 Å². The predicted molar refractivity (Wildman–Crippen MR) is 20.6 cm³/mol. The van der Waals surface area contributed by atoms with Crippen LogP contribution in [0.15, 0.2) is 0 Å². The molecule has 0 saturated heterocycles. The van der Waals surface area contributed by atoms with Gasteiger partial charge in [0.2, 0.25) is 0 Å². The summed E-state index contributed by atoms with van der Waals surface area (Å²) < 4.78 is 0. The quantitative estimate of drug-likeness (QED) is 0.398. The second-order valence-electron chi connectivity index (χ2n) is 1.41. The summed E-state index contributed by atoms with van der Waals surface area (Å²) in [5.74, 6) is -3.43. The number of hydrogen-bond donors (Lipinski definition) is 1. The Morgan fingerprint density at radius 3 is 1.73 bits per heavy atom. The number of carbonyl (C=O) groups excluding carboxylic acids is 2. The van der Waals surface area contributed by atoms with Crippen LogP contribution in [0.5, 0.6) is 0 Å². The molecule has 0 heterocycles. The van der Waals surface area contributed by atoms with E-state index in [-0.39, 0.29) is 37.7 Å². The first-order valence-corrected chi connectivity index (χ1v) is 2.13. The van der Waals surface area contributed by atoms with Crippen LogP contribution in [0.1, 0.15) is 6.42 Å². The van der Waals surface area contributed by atoms with Crippen LogP contribution in [0.4, 0.5) is 0 Å². The van der Waals surface area contributed by atoms with Gasteiger partial charge in [-0.2, -0.15) is 0 Å². The molecule has 11 heavy (non-hydrogen) atoms. The van der Waals surface area contributed by atoms with E-state index in [1.165, 1.54) is 0 Å². The van der Waals surface area contributed by atoms with E-state index >= 15 is 0 Å². The maximum Gasteiger partial charge on any atom is 1.00 e. The average molecular weight is 146 g/mol. The van der Waals surface area contributed by atoms with Crippen LogP contribution in [0.25, 0.3) is 0 Å². The zero-order valence-electron chi connectivity index (χ0n) is 6.36. The molecule has 0 aromatic heterocycles. The van der Waals surface area contributed by atoms with Gasteiger partial charge in [0.15, 0.2) is 0 Å². The molecule has 0 amide bonds. The molecule has 0 aromatic carbocycles. The number of carboxylic acid groups (broad SMARTS) is 2. The fourth-order valence-corrected chi connectivity index (χ4v) is 0.241. The molecule has 0 aliphatic carbocycles. The molecule has 0 radical (unpaired) electrons. The Labute approximate surface area is 87.1 Å². The van der Waals surface area contributed by atoms with Crippen molar-refractivity contribution in [2.75, 3.05) is 0 Å². The average Bonchev–Trinajstić information content (AvgIpc) is 1.63. The minimum absolute atomic E-state index is 0. The Hall–Kier alpha value is 0.0948. The van der Waals surface area contributed by atoms with Gasteiger partial charge in [0.25, 0.3) is 0 Å². The molecule has 0 aliphatic heterocycles. The predicted octanol–water partition coefficient (Wildman–Crippen LogP) is -9.75. The van der Waals surface area contributed by atoms with Gasteiger partial charge in [-0.25, -0.2) is 0 Å². The minimum atomic E-state index is -1.96.